The molecule has 7 nitrogen and oxygen atoms in total. The van der Waals surface area contributed by atoms with E-state index >= 15 is 0 Å². The van der Waals surface area contributed by atoms with Crippen molar-refractivity contribution in [1.29, 1.82) is 0 Å². The quantitative estimate of drug-likeness (QED) is 0.440. The summed E-state index contributed by atoms with van der Waals surface area (Å²) in [6.07, 6.45) is 0.882. The maximum absolute atomic E-state index is 10.8. The monoisotopic (exact) mass is 269 g/mol. The number of rotatable bonds is 8. The van der Waals surface area contributed by atoms with Gasteiger partial charge in [-0.2, -0.15) is 0 Å². The molecule has 0 aliphatic rings. The number of nitrogens with zero attached hydrogens (tertiary/aromatic N) is 1. The fourth-order valence-corrected chi connectivity index (χ4v) is 1.37. The number of hydrogen-bond acceptors (Lipinski definition) is 5. The second-order valence-electron chi connectivity index (χ2n) is 3.71. The highest BCUT2D eigenvalue weighted by Gasteiger charge is 2.18. The lowest BCUT2D eigenvalue weighted by atomic mass is 10.2. The molecule has 7 heteroatoms. The van der Waals surface area contributed by atoms with Crippen LogP contribution >= 0.6 is 0 Å². The van der Waals surface area contributed by atoms with Crippen molar-refractivity contribution in [2.75, 3.05) is 19.8 Å². The zero-order valence-corrected chi connectivity index (χ0v) is 10.5. The molecule has 1 N–H and O–H groups in total. The van der Waals surface area contributed by atoms with Gasteiger partial charge in [-0.05, 0) is 18.6 Å². The van der Waals surface area contributed by atoms with Crippen molar-refractivity contribution in [1.82, 2.24) is 0 Å². The predicted octanol–water partition coefficient (Wildman–Crippen LogP) is 2.10. The Hall–Kier alpha value is -2.15. The van der Waals surface area contributed by atoms with Crippen LogP contribution < -0.4 is 4.74 Å². The number of nitro benzene ring substituents is 1. The van der Waals surface area contributed by atoms with Gasteiger partial charge in [0.25, 0.3) is 0 Å². The van der Waals surface area contributed by atoms with Crippen molar-refractivity contribution < 1.29 is 24.3 Å². The summed E-state index contributed by atoms with van der Waals surface area (Å²) < 4.78 is 10.4. The van der Waals surface area contributed by atoms with E-state index in [1.807, 2.05) is 6.92 Å². The Balaban J connectivity index is 2.71. The van der Waals surface area contributed by atoms with Gasteiger partial charge in [0.2, 0.25) is 0 Å². The molecule has 0 bridgehead atoms. The lowest BCUT2D eigenvalue weighted by molar-refractivity contribution is -0.385. The van der Waals surface area contributed by atoms with Crippen LogP contribution in [0.3, 0.4) is 0 Å². The van der Waals surface area contributed by atoms with Crippen molar-refractivity contribution in [3.8, 4) is 5.75 Å². The zero-order valence-electron chi connectivity index (χ0n) is 10.5. The summed E-state index contributed by atoms with van der Waals surface area (Å²) in [7, 11) is 0. The molecule has 19 heavy (non-hydrogen) atoms. The smallest absolute Gasteiger partial charge is 0.335 e. The highest BCUT2D eigenvalue weighted by atomic mass is 16.6. The summed E-state index contributed by atoms with van der Waals surface area (Å²) in [5.41, 5.74) is -0.517. The Bertz CT molecular complexity index is 460. The number of aromatic carboxylic acids is 1. The standard InChI is InChI=1S/C12H15NO6/c1-2-5-18-6-7-19-11-4-3-9(12(14)15)8-10(11)13(16)17/h3-4,8H,2,5-7H2,1H3,(H,14,15). The molecule has 0 unspecified atom stereocenters. The molecule has 0 saturated heterocycles. The molecule has 104 valence electrons. The Morgan fingerprint density at radius 2 is 2.11 bits per heavy atom. The molecule has 1 aromatic rings. The first kappa shape index (κ1) is 14.9. The average molecular weight is 269 g/mol. The van der Waals surface area contributed by atoms with E-state index in [2.05, 4.69) is 0 Å². The van der Waals surface area contributed by atoms with Gasteiger partial charge in [-0.25, -0.2) is 4.79 Å². The molecule has 0 aromatic heterocycles. The minimum absolute atomic E-state index is 0.0371. The number of nitro groups is 1. The molecule has 0 amide bonds. The van der Waals surface area contributed by atoms with E-state index in [0.29, 0.717) is 13.2 Å². The molecular weight excluding hydrogens is 254 g/mol. The van der Waals surface area contributed by atoms with Crippen molar-refractivity contribution >= 4 is 11.7 Å². The predicted molar refractivity (Wildman–Crippen MR) is 66.7 cm³/mol. The maximum atomic E-state index is 10.8. The third-order valence-electron chi connectivity index (χ3n) is 2.24. The van der Waals surface area contributed by atoms with Crippen LogP contribution in [0.5, 0.6) is 5.75 Å². The Morgan fingerprint density at radius 3 is 2.68 bits per heavy atom. The van der Waals surface area contributed by atoms with Crippen molar-refractivity contribution in [3.05, 3.63) is 33.9 Å². The molecule has 1 rings (SSSR count). The third-order valence-corrected chi connectivity index (χ3v) is 2.24. The zero-order chi connectivity index (χ0) is 14.3. The number of carboxylic acids is 1. The molecule has 0 atom stereocenters. The molecular formula is C12H15NO6. The molecule has 0 spiro atoms. The lowest BCUT2D eigenvalue weighted by Crippen LogP contribution is -2.08. The Labute approximate surface area is 109 Å². The second-order valence-corrected chi connectivity index (χ2v) is 3.71. The minimum atomic E-state index is -1.22. The summed E-state index contributed by atoms with van der Waals surface area (Å²) in [4.78, 5) is 20.9. The van der Waals surface area contributed by atoms with E-state index < -0.39 is 10.9 Å². The van der Waals surface area contributed by atoms with Crippen LogP contribution in [-0.4, -0.2) is 35.8 Å². The fourth-order valence-electron chi connectivity index (χ4n) is 1.37. The van der Waals surface area contributed by atoms with Crippen LogP contribution in [0.25, 0.3) is 0 Å². The van der Waals surface area contributed by atoms with Crippen molar-refractivity contribution in [3.63, 3.8) is 0 Å². The van der Waals surface area contributed by atoms with Crippen LogP contribution in [-0.2, 0) is 4.74 Å². The van der Waals surface area contributed by atoms with E-state index in [9.17, 15) is 14.9 Å². The number of ether oxygens (including phenoxy) is 2. The highest BCUT2D eigenvalue weighted by molar-refractivity contribution is 5.88. The van der Waals surface area contributed by atoms with Crippen LogP contribution in [0.2, 0.25) is 0 Å². The van der Waals surface area contributed by atoms with Crippen LogP contribution in [0.15, 0.2) is 18.2 Å². The summed E-state index contributed by atoms with van der Waals surface area (Å²) in [5.74, 6) is -1.18. The molecule has 0 heterocycles. The molecule has 0 aliphatic heterocycles. The lowest BCUT2D eigenvalue weighted by Gasteiger charge is -2.07. The van der Waals surface area contributed by atoms with Gasteiger partial charge in [-0.1, -0.05) is 6.92 Å². The summed E-state index contributed by atoms with van der Waals surface area (Å²) in [6.45, 7) is 3.07. The van der Waals surface area contributed by atoms with E-state index in [1.54, 1.807) is 0 Å². The first-order chi connectivity index (χ1) is 9.06. The third kappa shape index (κ3) is 4.55. The van der Waals surface area contributed by atoms with Crippen molar-refractivity contribution in [2.24, 2.45) is 0 Å². The number of carbonyl (C=O) groups is 1. The van der Waals surface area contributed by atoms with Gasteiger partial charge in [-0.15, -0.1) is 0 Å². The second kappa shape index (κ2) is 7.32. The molecule has 0 radical (unpaired) electrons. The Kier molecular flexibility index (Phi) is 5.74. The van der Waals surface area contributed by atoms with Gasteiger partial charge in [0.1, 0.15) is 6.61 Å². The highest BCUT2D eigenvalue weighted by Crippen LogP contribution is 2.27. The summed E-state index contributed by atoms with van der Waals surface area (Å²) in [5, 5.41) is 19.6. The Morgan fingerprint density at radius 1 is 1.37 bits per heavy atom. The van der Waals surface area contributed by atoms with E-state index in [-0.39, 0.29) is 23.6 Å². The van der Waals surface area contributed by atoms with Gasteiger partial charge in [0, 0.05) is 12.7 Å². The number of hydrogen-bond donors (Lipinski definition) is 1. The molecule has 0 fully saturated rings. The first-order valence-corrected chi connectivity index (χ1v) is 5.78. The maximum Gasteiger partial charge on any atom is 0.335 e. The number of benzene rings is 1. The van der Waals surface area contributed by atoms with Gasteiger partial charge >= 0.3 is 11.7 Å². The first-order valence-electron chi connectivity index (χ1n) is 5.78. The van der Waals surface area contributed by atoms with E-state index in [1.165, 1.54) is 12.1 Å². The van der Waals surface area contributed by atoms with Gasteiger partial charge < -0.3 is 14.6 Å². The van der Waals surface area contributed by atoms with Gasteiger partial charge in [0.15, 0.2) is 5.75 Å². The van der Waals surface area contributed by atoms with Crippen molar-refractivity contribution in [2.45, 2.75) is 13.3 Å². The van der Waals surface area contributed by atoms with E-state index in [4.69, 9.17) is 14.6 Å². The minimum Gasteiger partial charge on any atom is -0.484 e. The molecule has 1 aromatic carbocycles. The fraction of sp³-hybridized carbons (Fsp3) is 0.417. The topological polar surface area (TPSA) is 98.9 Å². The average Bonchev–Trinajstić information content (AvgIpc) is 2.38. The molecule has 0 saturated carbocycles. The molecule has 0 aliphatic carbocycles. The summed E-state index contributed by atoms with van der Waals surface area (Å²) in [6, 6.07) is 3.52. The van der Waals surface area contributed by atoms with Crippen LogP contribution in [0.4, 0.5) is 5.69 Å². The van der Waals surface area contributed by atoms with Crippen LogP contribution in [0, 0.1) is 10.1 Å². The largest absolute Gasteiger partial charge is 0.484 e. The van der Waals surface area contributed by atoms with Gasteiger partial charge in [0.05, 0.1) is 17.1 Å². The normalized spacial score (nSPS) is 10.2. The van der Waals surface area contributed by atoms with Crippen LogP contribution in [0.1, 0.15) is 23.7 Å². The van der Waals surface area contributed by atoms with Gasteiger partial charge in [-0.3, -0.25) is 10.1 Å². The SMILES string of the molecule is CCCOCCOc1ccc(C(=O)O)cc1[N+](=O)[O-]. The number of carboxylic acid groups (broad SMARTS) is 1. The van der Waals surface area contributed by atoms with E-state index in [0.717, 1.165) is 12.5 Å². The summed E-state index contributed by atoms with van der Waals surface area (Å²) >= 11 is 0.